The zero-order valence-corrected chi connectivity index (χ0v) is 15.0. The lowest BCUT2D eigenvalue weighted by Crippen LogP contribution is -2.34. The number of piperidine rings is 1. The van der Waals surface area contributed by atoms with Gasteiger partial charge in [-0.3, -0.25) is 9.89 Å². The zero-order chi connectivity index (χ0) is 18.6. The quantitative estimate of drug-likeness (QED) is 0.555. The van der Waals surface area contributed by atoms with Crippen LogP contribution in [0.25, 0.3) is 10.9 Å². The van der Waals surface area contributed by atoms with E-state index in [4.69, 9.17) is 10.5 Å². The first-order valence-corrected chi connectivity index (χ1v) is 9.18. The Balaban J connectivity index is 1.44. The molecule has 27 heavy (non-hydrogen) atoms. The van der Waals surface area contributed by atoms with E-state index < -0.39 is 0 Å². The second-order valence-corrected chi connectivity index (χ2v) is 6.73. The topological polar surface area (TPSA) is 105 Å². The van der Waals surface area contributed by atoms with Gasteiger partial charge in [-0.1, -0.05) is 18.2 Å². The minimum Gasteiger partial charge on any atom is -0.490 e. The fourth-order valence-corrected chi connectivity index (χ4v) is 3.31. The molecule has 5 N–H and O–H groups in total. The third-order valence-electron chi connectivity index (χ3n) is 4.85. The molecular formula is C20H23N5O2. The SMILES string of the molecule is Nc1n[nH]c2ccc(C(=O)NCc3ccccc3OC3CCNCC3)cc12. The molecule has 0 atom stereocenters. The molecule has 1 saturated heterocycles. The van der Waals surface area contributed by atoms with Crippen LogP contribution in [0.1, 0.15) is 28.8 Å². The number of carbonyl (C=O) groups is 1. The van der Waals surface area contributed by atoms with Crippen LogP contribution < -0.4 is 21.1 Å². The number of nitrogens with zero attached hydrogens (tertiary/aromatic N) is 1. The number of anilines is 1. The predicted molar refractivity (Wildman–Crippen MR) is 105 cm³/mol. The van der Waals surface area contributed by atoms with Crippen molar-refractivity contribution < 1.29 is 9.53 Å². The third-order valence-corrected chi connectivity index (χ3v) is 4.85. The monoisotopic (exact) mass is 365 g/mol. The van der Waals surface area contributed by atoms with E-state index >= 15 is 0 Å². The van der Waals surface area contributed by atoms with E-state index in [9.17, 15) is 4.79 Å². The van der Waals surface area contributed by atoms with Gasteiger partial charge < -0.3 is 21.1 Å². The molecule has 1 aliphatic rings. The molecule has 0 spiro atoms. The van der Waals surface area contributed by atoms with Gasteiger partial charge in [-0.2, -0.15) is 5.10 Å². The number of hydrogen-bond donors (Lipinski definition) is 4. The lowest BCUT2D eigenvalue weighted by Gasteiger charge is -2.25. The van der Waals surface area contributed by atoms with E-state index in [0.717, 1.165) is 48.1 Å². The Kier molecular flexibility index (Phi) is 4.93. The second kappa shape index (κ2) is 7.67. The number of para-hydroxylation sites is 1. The summed E-state index contributed by atoms with van der Waals surface area (Å²) in [4.78, 5) is 12.6. The van der Waals surface area contributed by atoms with Gasteiger partial charge in [-0.05, 0) is 50.2 Å². The maximum Gasteiger partial charge on any atom is 0.251 e. The first-order chi connectivity index (χ1) is 13.2. The molecular weight excluding hydrogens is 342 g/mol. The molecule has 2 heterocycles. The van der Waals surface area contributed by atoms with Crippen molar-refractivity contribution in [1.82, 2.24) is 20.8 Å². The number of ether oxygens (including phenoxy) is 1. The molecule has 140 valence electrons. The summed E-state index contributed by atoms with van der Waals surface area (Å²) < 4.78 is 6.17. The minimum absolute atomic E-state index is 0.158. The fourth-order valence-electron chi connectivity index (χ4n) is 3.31. The fraction of sp³-hybridized carbons (Fsp3) is 0.300. The van der Waals surface area contributed by atoms with Gasteiger partial charge in [0.25, 0.3) is 5.91 Å². The average Bonchev–Trinajstić information content (AvgIpc) is 3.08. The largest absolute Gasteiger partial charge is 0.490 e. The zero-order valence-electron chi connectivity index (χ0n) is 15.0. The van der Waals surface area contributed by atoms with Gasteiger partial charge in [0, 0.05) is 23.1 Å². The summed E-state index contributed by atoms with van der Waals surface area (Å²) in [7, 11) is 0. The molecule has 1 aliphatic heterocycles. The van der Waals surface area contributed by atoms with E-state index in [1.54, 1.807) is 12.1 Å². The van der Waals surface area contributed by atoms with Crippen molar-refractivity contribution in [3.8, 4) is 5.75 Å². The highest BCUT2D eigenvalue weighted by Crippen LogP contribution is 2.22. The van der Waals surface area contributed by atoms with Gasteiger partial charge >= 0.3 is 0 Å². The van der Waals surface area contributed by atoms with Gasteiger partial charge in [0.15, 0.2) is 5.82 Å². The molecule has 1 aromatic heterocycles. The number of aromatic nitrogens is 2. The molecule has 0 bridgehead atoms. The molecule has 1 amide bonds. The van der Waals surface area contributed by atoms with Crippen LogP contribution in [0.4, 0.5) is 5.82 Å². The highest BCUT2D eigenvalue weighted by Gasteiger charge is 2.16. The summed E-state index contributed by atoms with van der Waals surface area (Å²) in [6.07, 6.45) is 2.20. The highest BCUT2D eigenvalue weighted by molar-refractivity contribution is 6.00. The number of fused-ring (bicyclic) bond motifs is 1. The summed E-state index contributed by atoms with van der Waals surface area (Å²) in [6.45, 7) is 2.35. The first kappa shape index (κ1) is 17.4. The molecule has 7 nitrogen and oxygen atoms in total. The van der Waals surface area contributed by atoms with Crippen molar-refractivity contribution in [3.63, 3.8) is 0 Å². The molecule has 3 aromatic rings. The van der Waals surface area contributed by atoms with Gasteiger partial charge in [-0.15, -0.1) is 0 Å². The number of nitrogens with two attached hydrogens (primary N) is 1. The van der Waals surface area contributed by atoms with Crippen LogP contribution in [0.5, 0.6) is 5.75 Å². The summed E-state index contributed by atoms with van der Waals surface area (Å²) >= 11 is 0. The Hall–Kier alpha value is -3.06. The van der Waals surface area contributed by atoms with Crippen molar-refractivity contribution in [3.05, 3.63) is 53.6 Å². The van der Waals surface area contributed by atoms with Crippen LogP contribution in [0.2, 0.25) is 0 Å². The van der Waals surface area contributed by atoms with Gasteiger partial charge in [0.05, 0.1) is 5.52 Å². The van der Waals surface area contributed by atoms with E-state index in [0.29, 0.717) is 17.9 Å². The van der Waals surface area contributed by atoms with E-state index in [-0.39, 0.29) is 12.0 Å². The van der Waals surface area contributed by atoms with Crippen LogP contribution in [0, 0.1) is 0 Å². The normalized spacial score (nSPS) is 15.0. The minimum atomic E-state index is -0.158. The van der Waals surface area contributed by atoms with Crippen molar-refractivity contribution >= 4 is 22.6 Å². The number of H-pyrrole nitrogens is 1. The van der Waals surface area contributed by atoms with Crippen LogP contribution in [0.15, 0.2) is 42.5 Å². The first-order valence-electron chi connectivity index (χ1n) is 9.18. The number of aromatic amines is 1. The van der Waals surface area contributed by atoms with Crippen LogP contribution in [0.3, 0.4) is 0 Å². The summed E-state index contributed by atoms with van der Waals surface area (Å²) in [5.41, 5.74) is 8.15. The number of rotatable bonds is 5. The van der Waals surface area contributed by atoms with Crippen molar-refractivity contribution in [1.29, 1.82) is 0 Å². The van der Waals surface area contributed by atoms with Crippen LogP contribution in [-0.4, -0.2) is 35.3 Å². The lowest BCUT2D eigenvalue weighted by molar-refractivity contribution is 0.0950. The Labute approximate surface area is 157 Å². The number of nitrogens with one attached hydrogen (secondary N) is 3. The number of benzene rings is 2. The number of amides is 1. The predicted octanol–water partition coefficient (Wildman–Crippen LogP) is 2.21. The van der Waals surface area contributed by atoms with Crippen LogP contribution in [-0.2, 0) is 6.54 Å². The molecule has 0 radical (unpaired) electrons. The molecule has 4 rings (SSSR count). The molecule has 2 aromatic carbocycles. The second-order valence-electron chi connectivity index (χ2n) is 6.73. The summed E-state index contributed by atoms with van der Waals surface area (Å²) in [5, 5.41) is 13.8. The highest BCUT2D eigenvalue weighted by atomic mass is 16.5. The summed E-state index contributed by atoms with van der Waals surface area (Å²) in [6, 6.07) is 13.2. The lowest BCUT2D eigenvalue weighted by atomic mass is 10.1. The number of hydrogen-bond acceptors (Lipinski definition) is 5. The Morgan fingerprint density at radius 3 is 2.89 bits per heavy atom. The Morgan fingerprint density at radius 1 is 1.22 bits per heavy atom. The van der Waals surface area contributed by atoms with E-state index in [1.807, 2.05) is 30.3 Å². The van der Waals surface area contributed by atoms with Gasteiger partial charge in [-0.25, -0.2) is 0 Å². The Bertz CT molecular complexity index is 946. The maximum absolute atomic E-state index is 12.6. The molecule has 0 unspecified atom stereocenters. The smallest absolute Gasteiger partial charge is 0.251 e. The average molecular weight is 365 g/mol. The van der Waals surface area contributed by atoms with Gasteiger partial charge in [0.2, 0.25) is 0 Å². The number of nitrogen functional groups attached to an aromatic ring is 1. The van der Waals surface area contributed by atoms with Crippen molar-refractivity contribution in [2.24, 2.45) is 0 Å². The van der Waals surface area contributed by atoms with Crippen LogP contribution >= 0.6 is 0 Å². The standard InChI is InChI=1S/C20H23N5O2/c21-19-16-11-13(5-6-17(16)24-25-19)20(26)23-12-14-3-1-2-4-18(14)27-15-7-9-22-10-8-15/h1-6,11,15,22H,7-10,12H2,(H,23,26)(H3,21,24,25). The maximum atomic E-state index is 12.6. The van der Waals surface area contributed by atoms with Gasteiger partial charge in [0.1, 0.15) is 11.9 Å². The third kappa shape index (κ3) is 3.88. The molecule has 0 saturated carbocycles. The molecule has 0 aliphatic carbocycles. The number of carbonyl (C=O) groups excluding carboxylic acids is 1. The summed E-state index contributed by atoms with van der Waals surface area (Å²) in [5.74, 6) is 1.06. The van der Waals surface area contributed by atoms with Crippen molar-refractivity contribution in [2.75, 3.05) is 18.8 Å². The van der Waals surface area contributed by atoms with E-state index in [1.165, 1.54) is 0 Å². The Morgan fingerprint density at radius 2 is 2.04 bits per heavy atom. The molecule has 7 heteroatoms. The van der Waals surface area contributed by atoms with Crippen molar-refractivity contribution in [2.45, 2.75) is 25.5 Å². The van der Waals surface area contributed by atoms with E-state index in [2.05, 4.69) is 20.8 Å². The molecule has 1 fully saturated rings.